The summed E-state index contributed by atoms with van der Waals surface area (Å²) in [6.07, 6.45) is 5.22. The van der Waals surface area contributed by atoms with E-state index in [1.54, 1.807) is 0 Å². The summed E-state index contributed by atoms with van der Waals surface area (Å²) >= 11 is 0. The Bertz CT molecular complexity index is 971. The van der Waals surface area contributed by atoms with Crippen LogP contribution in [0, 0.1) is 0 Å². The molecule has 1 atom stereocenters. The van der Waals surface area contributed by atoms with Crippen LogP contribution in [0.4, 0.5) is 0 Å². The molecule has 0 bridgehead atoms. The molecule has 140 valence electrons. The molecule has 4 aromatic rings. The number of benzene rings is 2. The van der Waals surface area contributed by atoms with Crippen molar-refractivity contribution in [2.24, 2.45) is 0 Å². The Balaban J connectivity index is 0.00000180. The Morgan fingerprint density at radius 1 is 0.926 bits per heavy atom. The molecule has 3 N–H and O–H groups in total. The first-order chi connectivity index (χ1) is 12.8. The topological polar surface area (TPSA) is 46.8 Å². The molecule has 2 aromatic carbocycles. The van der Waals surface area contributed by atoms with Gasteiger partial charge in [-0.05, 0) is 78.3 Å². The first-order valence-corrected chi connectivity index (χ1v) is 9.35. The third-order valence-electron chi connectivity index (χ3n) is 5.62. The minimum atomic E-state index is 0. The van der Waals surface area contributed by atoms with Gasteiger partial charge in [-0.2, -0.15) is 0 Å². The molecule has 0 amide bonds. The third kappa shape index (κ3) is 3.38. The smallest absolute Gasteiger partial charge is 0.0579 e. The molecule has 4 heteroatoms. The van der Waals surface area contributed by atoms with Crippen LogP contribution in [0.1, 0.15) is 31.0 Å². The zero-order chi connectivity index (χ0) is 17.5. The number of hydrogen-bond donors (Lipinski definition) is 3. The van der Waals surface area contributed by atoms with Gasteiger partial charge in [0.1, 0.15) is 0 Å². The summed E-state index contributed by atoms with van der Waals surface area (Å²) in [6, 6.07) is 18.5. The fourth-order valence-electron chi connectivity index (χ4n) is 4.19. The third-order valence-corrected chi connectivity index (χ3v) is 5.62. The van der Waals surface area contributed by atoms with Crippen LogP contribution < -0.4 is 5.32 Å². The summed E-state index contributed by atoms with van der Waals surface area (Å²) in [5, 5.41) is 6.46. The molecular weight excluding hydrogens is 332 g/mol. The standard InChI is InChI=1S/C22H24N4.CH4/c1-26-11-8-19(14-26)25-22(17-2-4-20-15(12-17)6-9-23-20)18-3-5-21-16(13-18)7-10-24-21;/h2-7,9-10,12-13,19,22-25H,8,11,14H2,1H3;1H4. The van der Waals surface area contributed by atoms with E-state index in [0.29, 0.717) is 6.04 Å². The number of likely N-dealkylation sites (tertiary alicyclic amines) is 1. The van der Waals surface area contributed by atoms with Gasteiger partial charge in [0.05, 0.1) is 6.04 Å². The van der Waals surface area contributed by atoms with Crippen molar-refractivity contribution in [2.75, 3.05) is 20.1 Å². The number of aromatic nitrogens is 2. The van der Waals surface area contributed by atoms with E-state index in [0.717, 1.165) is 13.1 Å². The van der Waals surface area contributed by atoms with Crippen LogP contribution in [0.25, 0.3) is 21.8 Å². The molecule has 4 nitrogen and oxygen atoms in total. The second kappa shape index (κ2) is 7.22. The SMILES string of the molecule is C.CN1CCC(NC(c2ccc3[nH]ccc3c2)c2ccc3[nH]ccc3c2)C1. The van der Waals surface area contributed by atoms with E-state index >= 15 is 0 Å². The van der Waals surface area contributed by atoms with E-state index in [9.17, 15) is 0 Å². The average molecular weight is 361 g/mol. The lowest BCUT2D eigenvalue weighted by Gasteiger charge is -2.24. The molecule has 1 fully saturated rings. The summed E-state index contributed by atoms with van der Waals surface area (Å²) in [7, 11) is 2.20. The number of fused-ring (bicyclic) bond motifs is 2. The van der Waals surface area contributed by atoms with Crippen LogP contribution in [0.3, 0.4) is 0 Å². The van der Waals surface area contributed by atoms with Gasteiger partial charge in [0.15, 0.2) is 0 Å². The van der Waals surface area contributed by atoms with Crippen LogP contribution in [-0.2, 0) is 0 Å². The highest BCUT2D eigenvalue weighted by Gasteiger charge is 2.24. The monoisotopic (exact) mass is 360 g/mol. The Labute approximate surface area is 160 Å². The molecule has 5 rings (SSSR count). The Morgan fingerprint density at radius 2 is 1.52 bits per heavy atom. The number of hydrogen-bond acceptors (Lipinski definition) is 2. The van der Waals surface area contributed by atoms with E-state index in [-0.39, 0.29) is 13.5 Å². The fraction of sp³-hybridized carbons (Fsp3) is 0.304. The van der Waals surface area contributed by atoms with Gasteiger partial charge in [-0.15, -0.1) is 0 Å². The van der Waals surface area contributed by atoms with Crippen LogP contribution in [0.5, 0.6) is 0 Å². The average Bonchev–Trinajstić information content (AvgIpc) is 3.39. The zero-order valence-electron chi connectivity index (χ0n) is 15.0. The van der Waals surface area contributed by atoms with Crippen LogP contribution in [0.15, 0.2) is 60.9 Å². The van der Waals surface area contributed by atoms with E-state index in [2.05, 4.69) is 75.8 Å². The lowest BCUT2D eigenvalue weighted by atomic mass is 9.95. The fourth-order valence-corrected chi connectivity index (χ4v) is 4.19. The number of rotatable bonds is 4. The second-order valence-electron chi connectivity index (χ2n) is 7.50. The van der Waals surface area contributed by atoms with Gasteiger partial charge in [-0.25, -0.2) is 0 Å². The van der Waals surface area contributed by atoms with Crippen molar-refractivity contribution in [3.8, 4) is 0 Å². The minimum absolute atomic E-state index is 0. The van der Waals surface area contributed by atoms with E-state index < -0.39 is 0 Å². The maximum atomic E-state index is 3.93. The minimum Gasteiger partial charge on any atom is -0.361 e. The molecule has 0 spiro atoms. The molecule has 1 saturated heterocycles. The lowest BCUT2D eigenvalue weighted by molar-refractivity contribution is 0.391. The summed E-state index contributed by atoms with van der Waals surface area (Å²) < 4.78 is 0. The molecule has 27 heavy (non-hydrogen) atoms. The van der Waals surface area contributed by atoms with Gasteiger partial charge in [-0.3, -0.25) is 0 Å². The summed E-state index contributed by atoms with van der Waals surface area (Å²) in [4.78, 5) is 8.99. The van der Waals surface area contributed by atoms with Gasteiger partial charge in [0.2, 0.25) is 0 Å². The molecule has 0 saturated carbocycles. The molecule has 2 aromatic heterocycles. The lowest BCUT2D eigenvalue weighted by Crippen LogP contribution is -2.35. The van der Waals surface area contributed by atoms with Gasteiger partial charge in [-0.1, -0.05) is 19.6 Å². The summed E-state index contributed by atoms with van der Waals surface area (Å²) in [6.45, 7) is 2.27. The summed E-state index contributed by atoms with van der Waals surface area (Å²) in [5.74, 6) is 0. The van der Waals surface area contributed by atoms with Gasteiger partial charge >= 0.3 is 0 Å². The Morgan fingerprint density at radius 3 is 2.04 bits per heavy atom. The van der Waals surface area contributed by atoms with Gasteiger partial charge < -0.3 is 20.2 Å². The van der Waals surface area contributed by atoms with Crippen molar-refractivity contribution in [3.05, 3.63) is 72.1 Å². The molecule has 1 unspecified atom stereocenters. The first-order valence-electron chi connectivity index (χ1n) is 9.35. The second-order valence-corrected chi connectivity index (χ2v) is 7.50. The number of aromatic amines is 2. The Kier molecular flexibility index (Phi) is 4.77. The largest absolute Gasteiger partial charge is 0.361 e. The molecular formula is C23H28N4. The normalized spacial score (nSPS) is 17.8. The van der Waals surface area contributed by atoms with Crippen LogP contribution in [-0.4, -0.2) is 41.0 Å². The molecule has 1 aliphatic rings. The predicted molar refractivity (Wildman–Crippen MR) is 114 cm³/mol. The van der Waals surface area contributed by atoms with Crippen molar-refractivity contribution in [1.82, 2.24) is 20.2 Å². The van der Waals surface area contributed by atoms with E-state index in [4.69, 9.17) is 0 Å². The summed E-state index contributed by atoms with van der Waals surface area (Å²) in [5.41, 5.74) is 5.02. The van der Waals surface area contributed by atoms with Crippen molar-refractivity contribution >= 4 is 21.8 Å². The van der Waals surface area contributed by atoms with Crippen molar-refractivity contribution in [2.45, 2.75) is 25.9 Å². The Hall–Kier alpha value is -2.56. The van der Waals surface area contributed by atoms with Crippen molar-refractivity contribution in [1.29, 1.82) is 0 Å². The van der Waals surface area contributed by atoms with Crippen LogP contribution in [0.2, 0.25) is 0 Å². The maximum Gasteiger partial charge on any atom is 0.0579 e. The number of H-pyrrole nitrogens is 2. The van der Waals surface area contributed by atoms with Gasteiger partial charge in [0.25, 0.3) is 0 Å². The first kappa shape index (κ1) is 17.8. The van der Waals surface area contributed by atoms with Crippen LogP contribution >= 0.6 is 0 Å². The quantitative estimate of drug-likeness (QED) is 0.495. The van der Waals surface area contributed by atoms with Crippen molar-refractivity contribution < 1.29 is 0 Å². The molecule has 0 aliphatic carbocycles. The number of likely N-dealkylation sites (N-methyl/N-ethyl adjacent to an activating group) is 1. The zero-order valence-corrected chi connectivity index (χ0v) is 15.0. The predicted octanol–water partition coefficient (Wildman–Crippen LogP) is 4.67. The van der Waals surface area contributed by atoms with E-state index in [1.807, 2.05) is 12.4 Å². The number of nitrogens with zero attached hydrogens (tertiary/aromatic N) is 1. The highest BCUT2D eigenvalue weighted by molar-refractivity contribution is 5.81. The molecule has 0 radical (unpaired) electrons. The highest BCUT2D eigenvalue weighted by Crippen LogP contribution is 2.29. The highest BCUT2D eigenvalue weighted by atomic mass is 15.2. The molecule has 3 heterocycles. The number of nitrogens with one attached hydrogen (secondary N) is 3. The maximum absolute atomic E-state index is 3.93. The van der Waals surface area contributed by atoms with Gasteiger partial charge in [0, 0.05) is 36.0 Å². The van der Waals surface area contributed by atoms with Crippen molar-refractivity contribution in [3.63, 3.8) is 0 Å². The van der Waals surface area contributed by atoms with E-state index in [1.165, 1.54) is 39.4 Å². The molecule has 1 aliphatic heterocycles.